The average molecular weight is 243 g/mol. The monoisotopic (exact) mass is 243 g/mol. The molecule has 0 aliphatic heterocycles. The number of nitrogens with zero attached hydrogens (tertiary/aromatic N) is 2. The van der Waals surface area contributed by atoms with Gasteiger partial charge in [-0.05, 0) is 18.2 Å². The number of fused-ring (bicyclic) bond motifs is 1. The van der Waals surface area contributed by atoms with E-state index in [1.807, 2.05) is 6.07 Å². The average Bonchev–Trinajstić information content (AvgIpc) is 2.98. The molecule has 0 aliphatic rings. The van der Waals surface area contributed by atoms with Gasteiger partial charge in [0.25, 0.3) is 0 Å². The highest BCUT2D eigenvalue weighted by Crippen LogP contribution is 2.16. The van der Waals surface area contributed by atoms with Crippen LogP contribution in [0, 0.1) is 0 Å². The van der Waals surface area contributed by atoms with Crippen LogP contribution in [0.5, 0.6) is 0 Å². The Bertz CT molecular complexity index is 674. The van der Waals surface area contributed by atoms with Crippen molar-refractivity contribution in [1.29, 1.82) is 0 Å². The number of anilines is 2. The highest BCUT2D eigenvalue weighted by molar-refractivity contribution is 6.00. The van der Waals surface area contributed by atoms with E-state index in [4.69, 9.17) is 4.52 Å². The van der Waals surface area contributed by atoms with Crippen LogP contribution in [0.3, 0.4) is 0 Å². The predicted molar refractivity (Wildman–Crippen MR) is 65.2 cm³/mol. The molecule has 0 saturated carbocycles. The van der Waals surface area contributed by atoms with E-state index in [0.717, 1.165) is 10.9 Å². The number of benzene rings is 1. The van der Waals surface area contributed by atoms with Gasteiger partial charge in [0.15, 0.2) is 0 Å². The molecule has 0 bridgehead atoms. The number of rotatable bonds is 2. The number of aromatic amines is 1. The van der Waals surface area contributed by atoms with Gasteiger partial charge < -0.3 is 9.84 Å². The molecule has 0 spiro atoms. The fourth-order valence-electron chi connectivity index (χ4n) is 1.57. The number of nitrogens with one attached hydrogen (secondary N) is 3. The molecule has 18 heavy (non-hydrogen) atoms. The Labute approximate surface area is 101 Å². The van der Waals surface area contributed by atoms with Crippen molar-refractivity contribution in [2.45, 2.75) is 0 Å². The number of hydrogen-bond acceptors (Lipinski definition) is 4. The quantitative estimate of drug-likeness (QED) is 0.642. The fourth-order valence-corrected chi connectivity index (χ4v) is 1.57. The van der Waals surface area contributed by atoms with Gasteiger partial charge in [0.1, 0.15) is 0 Å². The molecule has 0 unspecified atom stereocenters. The van der Waals surface area contributed by atoms with Crippen molar-refractivity contribution in [1.82, 2.24) is 15.4 Å². The lowest BCUT2D eigenvalue weighted by Crippen LogP contribution is -2.18. The molecule has 2 aromatic heterocycles. The van der Waals surface area contributed by atoms with E-state index in [9.17, 15) is 4.79 Å². The van der Waals surface area contributed by atoms with E-state index in [2.05, 4.69) is 26.0 Å². The van der Waals surface area contributed by atoms with Crippen LogP contribution in [0.15, 0.2) is 41.2 Å². The van der Waals surface area contributed by atoms with Crippen LogP contribution in [0.25, 0.3) is 10.9 Å². The SMILES string of the molecule is O=C(Nc1ccc2cn[nH]c2c1)Nc1ccno1. The summed E-state index contributed by atoms with van der Waals surface area (Å²) < 4.78 is 4.76. The first-order chi connectivity index (χ1) is 8.81. The van der Waals surface area contributed by atoms with Crippen molar-refractivity contribution in [3.05, 3.63) is 36.7 Å². The molecule has 2 heterocycles. The first-order valence-corrected chi connectivity index (χ1v) is 5.23. The summed E-state index contributed by atoms with van der Waals surface area (Å²) in [6.45, 7) is 0. The summed E-state index contributed by atoms with van der Waals surface area (Å²) in [5.41, 5.74) is 1.51. The molecule has 0 atom stereocenters. The third-order valence-electron chi connectivity index (χ3n) is 2.37. The van der Waals surface area contributed by atoms with E-state index in [1.54, 1.807) is 24.4 Å². The van der Waals surface area contributed by atoms with Crippen molar-refractivity contribution < 1.29 is 9.32 Å². The molecule has 3 aromatic rings. The molecule has 0 radical (unpaired) electrons. The Kier molecular flexibility index (Phi) is 2.41. The van der Waals surface area contributed by atoms with Crippen molar-refractivity contribution in [3.63, 3.8) is 0 Å². The second-order valence-corrected chi connectivity index (χ2v) is 3.63. The summed E-state index contributed by atoms with van der Waals surface area (Å²) in [7, 11) is 0. The summed E-state index contributed by atoms with van der Waals surface area (Å²) in [4.78, 5) is 11.6. The molecule has 0 fully saturated rings. The number of aromatic nitrogens is 3. The van der Waals surface area contributed by atoms with Gasteiger partial charge in [-0.25, -0.2) is 4.79 Å². The second kappa shape index (κ2) is 4.21. The molecular formula is C11H9N5O2. The smallest absolute Gasteiger partial charge is 0.326 e. The van der Waals surface area contributed by atoms with Gasteiger partial charge in [0.05, 0.1) is 17.9 Å². The van der Waals surface area contributed by atoms with Gasteiger partial charge in [-0.2, -0.15) is 5.10 Å². The maximum absolute atomic E-state index is 11.6. The molecule has 7 heteroatoms. The van der Waals surface area contributed by atoms with E-state index in [0.29, 0.717) is 5.69 Å². The van der Waals surface area contributed by atoms with Gasteiger partial charge in [-0.15, -0.1) is 0 Å². The zero-order valence-electron chi connectivity index (χ0n) is 9.18. The topological polar surface area (TPSA) is 95.8 Å². The lowest BCUT2D eigenvalue weighted by atomic mass is 10.2. The minimum Gasteiger partial charge on any atom is -0.338 e. The number of carbonyl (C=O) groups is 1. The molecule has 1 aromatic carbocycles. The molecule has 3 N–H and O–H groups in total. The Morgan fingerprint density at radius 2 is 2.22 bits per heavy atom. The van der Waals surface area contributed by atoms with Crippen LogP contribution < -0.4 is 10.6 Å². The third kappa shape index (κ3) is 2.01. The molecular weight excluding hydrogens is 234 g/mol. The van der Waals surface area contributed by atoms with E-state index in [1.165, 1.54) is 6.20 Å². The first kappa shape index (κ1) is 10.3. The number of carbonyl (C=O) groups excluding carboxylic acids is 1. The van der Waals surface area contributed by atoms with Crippen LogP contribution in [-0.2, 0) is 0 Å². The third-order valence-corrected chi connectivity index (χ3v) is 2.37. The van der Waals surface area contributed by atoms with Gasteiger partial charge in [0.2, 0.25) is 5.88 Å². The zero-order valence-corrected chi connectivity index (χ0v) is 9.18. The number of urea groups is 1. The van der Waals surface area contributed by atoms with E-state index < -0.39 is 6.03 Å². The van der Waals surface area contributed by atoms with Crippen molar-refractivity contribution in [3.8, 4) is 0 Å². The molecule has 2 amide bonds. The predicted octanol–water partition coefficient (Wildman–Crippen LogP) is 2.19. The van der Waals surface area contributed by atoms with E-state index in [-0.39, 0.29) is 5.88 Å². The molecule has 7 nitrogen and oxygen atoms in total. The molecule has 0 saturated heterocycles. The normalized spacial score (nSPS) is 10.4. The van der Waals surface area contributed by atoms with Crippen LogP contribution >= 0.6 is 0 Å². The standard InChI is InChI=1S/C11H9N5O2/c17-11(15-10-3-4-13-18-10)14-8-2-1-7-6-12-16-9(7)5-8/h1-6H,(H,12,16)(H2,14,15,17). The van der Waals surface area contributed by atoms with Gasteiger partial charge in [0, 0.05) is 17.1 Å². The second-order valence-electron chi connectivity index (χ2n) is 3.63. The minimum absolute atomic E-state index is 0.287. The maximum atomic E-state index is 11.6. The largest absolute Gasteiger partial charge is 0.338 e. The Morgan fingerprint density at radius 1 is 1.28 bits per heavy atom. The van der Waals surface area contributed by atoms with Gasteiger partial charge >= 0.3 is 6.03 Å². The fraction of sp³-hybridized carbons (Fsp3) is 0. The lowest BCUT2D eigenvalue weighted by molar-refractivity contribution is 0.261. The van der Waals surface area contributed by atoms with Crippen molar-refractivity contribution in [2.24, 2.45) is 0 Å². The van der Waals surface area contributed by atoms with Gasteiger partial charge in [-0.1, -0.05) is 5.16 Å². The summed E-state index contributed by atoms with van der Waals surface area (Å²) in [6.07, 6.45) is 3.17. The van der Waals surface area contributed by atoms with Crippen LogP contribution in [0.1, 0.15) is 0 Å². The van der Waals surface area contributed by atoms with Crippen molar-refractivity contribution in [2.75, 3.05) is 10.6 Å². The summed E-state index contributed by atoms with van der Waals surface area (Å²) >= 11 is 0. The number of hydrogen-bond donors (Lipinski definition) is 3. The Balaban J connectivity index is 1.73. The van der Waals surface area contributed by atoms with Crippen molar-refractivity contribution >= 4 is 28.5 Å². The number of amides is 2. The Hall–Kier alpha value is -2.83. The minimum atomic E-state index is -0.398. The van der Waals surface area contributed by atoms with Gasteiger partial charge in [-0.3, -0.25) is 10.4 Å². The summed E-state index contributed by atoms with van der Waals surface area (Å²) in [5.74, 6) is 0.287. The van der Waals surface area contributed by atoms with E-state index >= 15 is 0 Å². The van der Waals surface area contributed by atoms with Crippen LogP contribution in [0.2, 0.25) is 0 Å². The zero-order chi connectivity index (χ0) is 12.4. The molecule has 3 rings (SSSR count). The highest BCUT2D eigenvalue weighted by Gasteiger charge is 2.05. The molecule has 0 aliphatic carbocycles. The summed E-state index contributed by atoms with van der Waals surface area (Å²) in [5, 5.41) is 16.4. The summed E-state index contributed by atoms with van der Waals surface area (Å²) in [6, 6.07) is 6.60. The lowest BCUT2D eigenvalue weighted by Gasteiger charge is -2.04. The Morgan fingerprint density at radius 3 is 3.06 bits per heavy atom. The highest BCUT2D eigenvalue weighted by atomic mass is 16.5. The first-order valence-electron chi connectivity index (χ1n) is 5.23. The molecule has 90 valence electrons. The number of H-pyrrole nitrogens is 1. The van der Waals surface area contributed by atoms with Crippen LogP contribution in [-0.4, -0.2) is 21.4 Å². The maximum Gasteiger partial charge on any atom is 0.326 e. The van der Waals surface area contributed by atoms with Crippen LogP contribution in [0.4, 0.5) is 16.4 Å².